The Labute approximate surface area is 281 Å². The average molecular weight is 678 g/mol. The summed E-state index contributed by atoms with van der Waals surface area (Å²) in [6, 6.07) is 20.7. The van der Waals surface area contributed by atoms with Crippen molar-refractivity contribution in [1.29, 1.82) is 0 Å². The number of hydrogen-bond acceptors (Lipinski definition) is 5. The second-order valence-corrected chi connectivity index (χ2v) is 12.2. The molecule has 0 fully saturated rings. The predicted octanol–water partition coefficient (Wildman–Crippen LogP) is 6.82. The van der Waals surface area contributed by atoms with Crippen LogP contribution in [0.25, 0.3) is 10.8 Å². The van der Waals surface area contributed by atoms with Crippen LogP contribution in [0.15, 0.2) is 84.9 Å². The molecule has 4 aromatic carbocycles. The number of alkyl halides is 3. The Hall–Kier alpha value is -5.30. The van der Waals surface area contributed by atoms with Crippen LogP contribution in [0.1, 0.15) is 25.0 Å². The zero-order chi connectivity index (χ0) is 35.3. The average Bonchev–Trinajstić information content (AvgIpc) is 3.11. The van der Waals surface area contributed by atoms with E-state index < -0.39 is 29.9 Å². The number of fused-ring (bicyclic) bond motifs is 2. The first-order valence-electron chi connectivity index (χ1n) is 15.8. The molecule has 4 N–H and O–H groups in total. The molecule has 0 aliphatic carbocycles. The summed E-state index contributed by atoms with van der Waals surface area (Å²) in [5.41, 5.74) is 0.770. The van der Waals surface area contributed by atoms with Crippen molar-refractivity contribution in [2.24, 2.45) is 5.92 Å². The van der Waals surface area contributed by atoms with Crippen molar-refractivity contribution in [2.45, 2.75) is 38.6 Å². The highest BCUT2D eigenvalue weighted by Crippen LogP contribution is 2.31. The van der Waals surface area contributed by atoms with E-state index in [-0.39, 0.29) is 49.7 Å². The largest absolute Gasteiger partial charge is 0.488 e. The molecule has 0 spiro atoms. The lowest BCUT2D eigenvalue weighted by Gasteiger charge is -2.34. The molecule has 10 nitrogen and oxygen atoms in total. The molecule has 1 heterocycles. The van der Waals surface area contributed by atoms with Crippen molar-refractivity contribution < 1.29 is 37.4 Å². The molecule has 49 heavy (non-hydrogen) atoms. The van der Waals surface area contributed by atoms with E-state index in [1.165, 1.54) is 4.90 Å². The van der Waals surface area contributed by atoms with E-state index in [2.05, 4.69) is 16.0 Å². The van der Waals surface area contributed by atoms with Gasteiger partial charge in [0.15, 0.2) is 0 Å². The van der Waals surface area contributed by atoms with E-state index in [4.69, 9.17) is 4.74 Å². The van der Waals surface area contributed by atoms with E-state index in [0.29, 0.717) is 22.7 Å². The molecule has 4 aromatic rings. The molecule has 0 unspecified atom stereocenters. The third kappa shape index (κ3) is 8.60. The Morgan fingerprint density at radius 2 is 1.65 bits per heavy atom. The van der Waals surface area contributed by atoms with Crippen LogP contribution in [0, 0.1) is 5.92 Å². The van der Waals surface area contributed by atoms with Gasteiger partial charge in [-0.05, 0) is 60.8 Å². The number of benzene rings is 4. The normalized spacial score (nSPS) is 17.1. The fraction of sp³-hybridized carbons (Fsp3) is 0.306. The topological polar surface area (TPSA) is 123 Å². The highest BCUT2D eigenvalue weighted by molar-refractivity contribution is 6.01. The summed E-state index contributed by atoms with van der Waals surface area (Å²) in [7, 11) is 1.66. The minimum atomic E-state index is -4.50. The SMILES string of the molecule is C[C@@H]1CN([C@H](C)CO)C(=O)Cc2cc(NC(=O)Nc3ccc(C(F)(F)F)cc3)ccc2O[C@@H]1CN(C)C(=O)Nc1cccc2ccccc12. The lowest BCUT2D eigenvalue weighted by atomic mass is 10.0. The molecule has 258 valence electrons. The van der Waals surface area contributed by atoms with Crippen LogP contribution in [0.2, 0.25) is 0 Å². The number of nitrogens with one attached hydrogen (secondary N) is 3. The molecule has 13 heteroatoms. The molecule has 5 rings (SSSR count). The standard InChI is InChI=1S/C36H38F3N5O5/c1-22-19-44(23(2)21-45)33(46)18-25-17-28(41-34(47)40-27-13-11-26(12-14-27)36(37,38)39)15-16-31(25)49-32(22)20-43(3)35(48)42-30-10-6-8-24-7-4-5-9-29(24)30/h4-17,22-23,32,45H,18-21H2,1-3H3,(H,42,48)(H2,40,41,47)/t22-,23-,32-/m1/s1. The summed E-state index contributed by atoms with van der Waals surface area (Å²) in [5, 5.41) is 20.0. The predicted molar refractivity (Wildman–Crippen MR) is 182 cm³/mol. The van der Waals surface area contributed by atoms with Gasteiger partial charge in [0.1, 0.15) is 11.9 Å². The summed E-state index contributed by atoms with van der Waals surface area (Å²) < 4.78 is 45.2. The maximum atomic E-state index is 13.6. The van der Waals surface area contributed by atoms with Gasteiger partial charge < -0.3 is 35.6 Å². The number of anilines is 3. The number of urea groups is 2. The number of likely N-dealkylation sites (N-methyl/N-ethyl adjacent to an activating group) is 1. The monoisotopic (exact) mass is 677 g/mol. The van der Waals surface area contributed by atoms with E-state index >= 15 is 0 Å². The number of nitrogens with zero attached hydrogens (tertiary/aromatic N) is 2. The molecule has 0 radical (unpaired) electrons. The molecule has 0 aromatic heterocycles. The van der Waals surface area contributed by atoms with Gasteiger partial charge in [-0.2, -0.15) is 13.2 Å². The smallest absolute Gasteiger partial charge is 0.416 e. The van der Waals surface area contributed by atoms with Crippen molar-refractivity contribution in [1.82, 2.24) is 9.80 Å². The number of aliphatic hydroxyl groups excluding tert-OH is 1. The number of carbonyl (C=O) groups excluding carboxylic acids is 3. The van der Waals surface area contributed by atoms with E-state index in [0.717, 1.165) is 35.0 Å². The van der Waals surface area contributed by atoms with Gasteiger partial charge in [0.2, 0.25) is 5.91 Å². The molecule has 5 amide bonds. The molecule has 1 aliphatic heterocycles. The van der Waals surface area contributed by atoms with Crippen molar-refractivity contribution in [3.05, 3.63) is 96.1 Å². The summed E-state index contributed by atoms with van der Waals surface area (Å²) in [5.74, 6) is -0.128. The maximum Gasteiger partial charge on any atom is 0.416 e. The first-order chi connectivity index (χ1) is 23.3. The number of carbonyl (C=O) groups is 3. The molecule has 3 atom stereocenters. The third-order valence-electron chi connectivity index (χ3n) is 8.48. The third-order valence-corrected chi connectivity index (χ3v) is 8.48. The van der Waals surface area contributed by atoms with E-state index in [1.807, 2.05) is 49.4 Å². The van der Waals surface area contributed by atoms with Crippen molar-refractivity contribution in [3.63, 3.8) is 0 Å². The molecule has 0 bridgehead atoms. The van der Waals surface area contributed by atoms with Gasteiger partial charge in [-0.25, -0.2) is 9.59 Å². The lowest BCUT2D eigenvalue weighted by molar-refractivity contribution is -0.137. The van der Waals surface area contributed by atoms with Crippen LogP contribution < -0.4 is 20.7 Å². The Morgan fingerprint density at radius 3 is 2.37 bits per heavy atom. The van der Waals surface area contributed by atoms with Crippen LogP contribution in [0.3, 0.4) is 0 Å². The first-order valence-corrected chi connectivity index (χ1v) is 15.8. The zero-order valence-electron chi connectivity index (χ0n) is 27.3. The number of rotatable bonds is 7. The minimum absolute atomic E-state index is 0.0907. The Balaban J connectivity index is 1.34. The van der Waals surface area contributed by atoms with E-state index in [9.17, 15) is 32.7 Å². The summed E-state index contributed by atoms with van der Waals surface area (Å²) in [6.45, 7) is 3.83. The maximum absolute atomic E-state index is 13.6. The number of aliphatic hydroxyl groups is 1. The van der Waals surface area contributed by atoms with E-state index in [1.54, 1.807) is 37.1 Å². The van der Waals surface area contributed by atoms with Gasteiger partial charge in [-0.1, -0.05) is 43.3 Å². The van der Waals surface area contributed by atoms with Gasteiger partial charge in [-0.3, -0.25) is 4.79 Å². The highest BCUT2D eigenvalue weighted by Gasteiger charge is 2.32. The summed E-state index contributed by atoms with van der Waals surface area (Å²) in [4.78, 5) is 42.8. The molecule has 0 saturated carbocycles. The quantitative estimate of drug-likeness (QED) is 0.171. The zero-order valence-corrected chi connectivity index (χ0v) is 27.3. The second-order valence-electron chi connectivity index (χ2n) is 12.2. The van der Waals surface area contributed by atoms with Gasteiger partial charge in [-0.15, -0.1) is 0 Å². The van der Waals surface area contributed by atoms with Crippen molar-refractivity contribution in [2.75, 3.05) is 42.7 Å². The molecular formula is C36H38F3N5O5. The van der Waals surface area contributed by atoms with Crippen LogP contribution in [-0.2, 0) is 17.4 Å². The van der Waals surface area contributed by atoms with Gasteiger partial charge in [0, 0.05) is 41.8 Å². The molecular weight excluding hydrogens is 639 g/mol. The first kappa shape index (κ1) is 35.0. The Morgan fingerprint density at radius 1 is 0.980 bits per heavy atom. The number of ether oxygens (including phenoxy) is 1. The van der Waals surface area contributed by atoms with Gasteiger partial charge in [0.25, 0.3) is 0 Å². The molecule has 1 aliphatic rings. The van der Waals surface area contributed by atoms with Gasteiger partial charge in [0.05, 0.1) is 36.9 Å². The summed E-state index contributed by atoms with van der Waals surface area (Å²) in [6.07, 6.45) is -5.16. The Kier molecular flexibility index (Phi) is 10.6. The number of hydrogen-bond donors (Lipinski definition) is 4. The second kappa shape index (κ2) is 14.9. The van der Waals surface area contributed by atoms with Crippen LogP contribution in [0.5, 0.6) is 5.75 Å². The fourth-order valence-corrected chi connectivity index (χ4v) is 5.66. The van der Waals surface area contributed by atoms with Crippen molar-refractivity contribution in [3.8, 4) is 5.75 Å². The lowest BCUT2D eigenvalue weighted by Crippen LogP contribution is -2.48. The summed E-state index contributed by atoms with van der Waals surface area (Å²) >= 11 is 0. The molecule has 0 saturated heterocycles. The van der Waals surface area contributed by atoms with Crippen LogP contribution in [-0.4, -0.2) is 71.8 Å². The van der Waals surface area contributed by atoms with Crippen LogP contribution >= 0.6 is 0 Å². The number of halogens is 3. The minimum Gasteiger partial charge on any atom is -0.488 e. The van der Waals surface area contributed by atoms with Crippen molar-refractivity contribution >= 4 is 45.8 Å². The Bertz CT molecular complexity index is 1810. The number of amides is 5. The fourth-order valence-electron chi connectivity index (χ4n) is 5.66. The van der Waals surface area contributed by atoms with Gasteiger partial charge >= 0.3 is 18.2 Å². The van der Waals surface area contributed by atoms with Crippen LogP contribution in [0.4, 0.5) is 39.8 Å². The highest BCUT2D eigenvalue weighted by atomic mass is 19.4.